The zero-order chi connectivity index (χ0) is 14.8. The minimum absolute atomic E-state index is 0.0980. The minimum atomic E-state index is -0.933. The van der Waals surface area contributed by atoms with Crippen molar-refractivity contribution in [3.8, 4) is 0 Å². The Hall–Kier alpha value is -1.66. The van der Waals surface area contributed by atoms with Crippen LogP contribution in [0.2, 0.25) is 0 Å². The molecule has 0 aromatic heterocycles. The smallest absolute Gasteiger partial charge is 0.255 e. The van der Waals surface area contributed by atoms with Crippen molar-refractivity contribution in [2.45, 2.75) is 18.4 Å². The van der Waals surface area contributed by atoms with Crippen LogP contribution >= 0.6 is 0 Å². The molecule has 3 N–H and O–H groups in total. The van der Waals surface area contributed by atoms with E-state index in [1.54, 1.807) is 7.05 Å². The van der Waals surface area contributed by atoms with Gasteiger partial charge in [-0.1, -0.05) is 0 Å². The van der Waals surface area contributed by atoms with Crippen molar-refractivity contribution in [1.82, 2.24) is 4.90 Å². The van der Waals surface area contributed by atoms with Crippen LogP contribution in [0.3, 0.4) is 0 Å². The average molecular weight is 282 g/mol. The lowest BCUT2D eigenvalue weighted by molar-refractivity contribution is -0.0734. The van der Waals surface area contributed by atoms with Crippen molar-refractivity contribution in [2.24, 2.45) is 0 Å². The third-order valence-electron chi connectivity index (χ3n) is 3.55. The summed E-state index contributed by atoms with van der Waals surface area (Å²) in [6.07, 6.45) is 0.979. The van der Waals surface area contributed by atoms with Gasteiger partial charge in [-0.2, -0.15) is 0 Å². The lowest BCUT2D eigenvalue weighted by Gasteiger charge is -2.35. The molecule has 110 valence electrons. The second-order valence-electron chi connectivity index (χ2n) is 5.23. The summed E-state index contributed by atoms with van der Waals surface area (Å²) in [5, 5.41) is 10.4. The number of halogens is 1. The molecule has 1 heterocycles. The summed E-state index contributed by atoms with van der Waals surface area (Å²) in [7, 11) is 1.60. The van der Waals surface area contributed by atoms with Crippen LogP contribution in [0.15, 0.2) is 18.2 Å². The van der Waals surface area contributed by atoms with Crippen LogP contribution in [0.1, 0.15) is 23.2 Å². The number of ether oxygens (including phenoxy) is 1. The molecule has 5 nitrogen and oxygen atoms in total. The summed E-state index contributed by atoms with van der Waals surface area (Å²) in [6.45, 7) is 1.17. The summed E-state index contributed by atoms with van der Waals surface area (Å²) in [5.74, 6) is -0.813. The Kier molecular flexibility index (Phi) is 4.25. The molecule has 1 aliphatic heterocycles. The van der Waals surface area contributed by atoms with Gasteiger partial charge in [-0.3, -0.25) is 4.79 Å². The molecule has 2 rings (SSSR count). The van der Waals surface area contributed by atoms with Gasteiger partial charge in [0.25, 0.3) is 5.91 Å². The number of nitrogens with zero attached hydrogens (tertiary/aromatic N) is 1. The van der Waals surface area contributed by atoms with Gasteiger partial charge < -0.3 is 20.5 Å². The number of nitrogen functional groups attached to an aromatic ring is 1. The number of benzene rings is 1. The van der Waals surface area contributed by atoms with Crippen molar-refractivity contribution in [1.29, 1.82) is 0 Å². The molecule has 1 saturated heterocycles. The molecule has 1 aliphatic rings. The van der Waals surface area contributed by atoms with E-state index in [1.165, 1.54) is 17.0 Å². The molecular weight excluding hydrogens is 263 g/mol. The molecule has 20 heavy (non-hydrogen) atoms. The van der Waals surface area contributed by atoms with Crippen molar-refractivity contribution in [3.63, 3.8) is 0 Å². The number of nitrogens with two attached hydrogens (primary N) is 1. The number of carbonyl (C=O) groups is 1. The maximum absolute atomic E-state index is 13.0. The molecule has 1 amide bonds. The first-order valence-electron chi connectivity index (χ1n) is 6.52. The van der Waals surface area contributed by atoms with E-state index in [1.807, 2.05) is 0 Å². The predicted molar refractivity (Wildman–Crippen MR) is 72.8 cm³/mol. The highest BCUT2D eigenvalue weighted by atomic mass is 19.1. The Morgan fingerprint density at radius 2 is 2.15 bits per heavy atom. The standard InChI is InChI=1S/C14H19FN2O3/c1-17(9-14(19)4-6-20-7-5-14)13(18)11-3-2-10(15)8-12(11)16/h2-3,8,19H,4-7,9,16H2,1H3. The molecule has 1 aromatic carbocycles. The lowest BCUT2D eigenvalue weighted by atomic mass is 9.93. The summed E-state index contributed by atoms with van der Waals surface area (Å²) in [5.41, 5.74) is 5.06. The molecule has 0 bridgehead atoms. The van der Waals surface area contributed by atoms with E-state index < -0.39 is 11.4 Å². The number of hydrogen-bond acceptors (Lipinski definition) is 4. The Bertz CT molecular complexity index is 501. The quantitative estimate of drug-likeness (QED) is 0.812. The van der Waals surface area contributed by atoms with Crippen LogP contribution in [0.25, 0.3) is 0 Å². The third kappa shape index (κ3) is 3.26. The molecule has 0 unspecified atom stereocenters. The SMILES string of the molecule is CN(CC1(O)CCOCC1)C(=O)c1ccc(F)cc1N. The Morgan fingerprint density at radius 3 is 2.75 bits per heavy atom. The zero-order valence-electron chi connectivity index (χ0n) is 11.4. The van der Waals surface area contributed by atoms with Crippen molar-refractivity contribution >= 4 is 11.6 Å². The largest absolute Gasteiger partial charge is 0.398 e. The second kappa shape index (κ2) is 5.76. The molecular formula is C14H19FN2O3. The van der Waals surface area contributed by atoms with Gasteiger partial charge in [-0.25, -0.2) is 4.39 Å². The van der Waals surface area contributed by atoms with Gasteiger partial charge in [-0.05, 0) is 18.2 Å². The minimum Gasteiger partial charge on any atom is -0.398 e. The molecule has 1 fully saturated rings. The molecule has 0 radical (unpaired) electrons. The van der Waals surface area contributed by atoms with Gasteiger partial charge in [0, 0.05) is 45.3 Å². The zero-order valence-corrected chi connectivity index (χ0v) is 11.4. The van der Waals surface area contributed by atoms with Gasteiger partial charge in [0.05, 0.1) is 11.2 Å². The number of aliphatic hydroxyl groups is 1. The number of amides is 1. The molecule has 0 aliphatic carbocycles. The van der Waals surface area contributed by atoms with Crippen molar-refractivity contribution < 1.29 is 19.0 Å². The van der Waals surface area contributed by atoms with E-state index in [0.29, 0.717) is 26.1 Å². The summed E-state index contributed by atoms with van der Waals surface area (Å²) in [6, 6.07) is 3.67. The molecule has 1 aromatic rings. The predicted octanol–water partition coefficient (Wildman–Crippen LogP) is 1.02. The monoisotopic (exact) mass is 282 g/mol. The van der Waals surface area contributed by atoms with Gasteiger partial charge in [0.15, 0.2) is 0 Å². The third-order valence-corrected chi connectivity index (χ3v) is 3.55. The summed E-state index contributed by atoms with van der Waals surface area (Å²) in [4.78, 5) is 13.7. The highest BCUT2D eigenvalue weighted by molar-refractivity contribution is 5.99. The van der Waals surface area contributed by atoms with E-state index in [-0.39, 0.29) is 23.7 Å². The Balaban J connectivity index is 2.08. The fourth-order valence-corrected chi connectivity index (χ4v) is 2.36. The summed E-state index contributed by atoms with van der Waals surface area (Å²) < 4.78 is 18.2. The van der Waals surface area contributed by atoms with Crippen molar-refractivity contribution in [2.75, 3.05) is 32.5 Å². The number of rotatable bonds is 3. The van der Waals surface area contributed by atoms with Gasteiger partial charge in [0.2, 0.25) is 0 Å². The average Bonchev–Trinajstić information content (AvgIpc) is 2.38. The van der Waals surface area contributed by atoms with Crippen molar-refractivity contribution in [3.05, 3.63) is 29.6 Å². The van der Waals surface area contributed by atoms with E-state index >= 15 is 0 Å². The fraction of sp³-hybridized carbons (Fsp3) is 0.500. The van der Waals surface area contributed by atoms with Gasteiger partial charge in [0.1, 0.15) is 5.82 Å². The fourth-order valence-electron chi connectivity index (χ4n) is 2.36. The van der Waals surface area contributed by atoms with E-state index in [0.717, 1.165) is 6.07 Å². The molecule has 0 atom stereocenters. The first kappa shape index (κ1) is 14.7. The van der Waals surface area contributed by atoms with Gasteiger partial charge in [-0.15, -0.1) is 0 Å². The maximum Gasteiger partial charge on any atom is 0.255 e. The number of carbonyl (C=O) groups excluding carboxylic acids is 1. The van der Waals surface area contributed by atoms with Crippen LogP contribution < -0.4 is 5.73 Å². The lowest BCUT2D eigenvalue weighted by Crippen LogP contribution is -2.47. The number of anilines is 1. The maximum atomic E-state index is 13.0. The first-order valence-corrected chi connectivity index (χ1v) is 6.52. The van der Waals surface area contributed by atoms with Crippen LogP contribution in [0.4, 0.5) is 10.1 Å². The van der Waals surface area contributed by atoms with Crippen LogP contribution in [-0.2, 0) is 4.74 Å². The van der Waals surface area contributed by atoms with E-state index in [9.17, 15) is 14.3 Å². The van der Waals surface area contributed by atoms with E-state index in [2.05, 4.69) is 0 Å². The van der Waals surface area contributed by atoms with Crippen LogP contribution in [0.5, 0.6) is 0 Å². The molecule has 0 spiro atoms. The summed E-state index contributed by atoms with van der Waals surface area (Å²) >= 11 is 0. The second-order valence-corrected chi connectivity index (χ2v) is 5.23. The van der Waals surface area contributed by atoms with E-state index in [4.69, 9.17) is 10.5 Å². The highest BCUT2D eigenvalue weighted by Gasteiger charge is 2.32. The number of hydrogen-bond donors (Lipinski definition) is 2. The highest BCUT2D eigenvalue weighted by Crippen LogP contribution is 2.23. The Morgan fingerprint density at radius 1 is 1.50 bits per heavy atom. The number of likely N-dealkylation sites (N-methyl/N-ethyl adjacent to an activating group) is 1. The first-order chi connectivity index (χ1) is 9.41. The van der Waals surface area contributed by atoms with Crippen LogP contribution in [0, 0.1) is 5.82 Å². The Labute approximate surface area is 117 Å². The van der Waals surface area contributed by atoms with Gasteiger partial charge >= 0.3 is 0 Å². The van der Waals surface area contributed by atoms with Crippen LogP contribution in [-0.4, -0.2) is 48.3 Å². The molecule has 6 heteroatoms. The normalized spacial score (nSPS) is 17.8. The topological polar surface area (TPSA) is 75.8 Å². The molecule has 0 saturated carbocycles.